The Balaban J connectivity index is 1.65. The van der Waals surface area contributed by atoms with Crippen molar-refractivity contribution in [2.75, 3.05) is 17.1 Å². The number of sulfonamides is 1. The third-order valence-corrected chi connectivity index (χ3v) is 6.00. The number of ether oxygens (including phenoxy) is 1. The zero-order valence-electron chi connectivity index (χ0n) is 16.9. The number of amides is 1. The quantitative estimate of drug-likeness (QED) is 0.562. The first-order valence-corrected chi connectivity index (χ1v) is 11.0. The highest BCUT2D eigenvalue weighted by Gasteiger charge is 2.15. The van der Waals surface area contributed by atoms with Gasteiger partial charge in [-0.25, -0.2) is 8.42 Å². The highest BCUT2D eigenvalue weighted by Crippen LogP contribution is 2.24. The topological polar surface area (TPSA) is 84.5 Å². The molecule has 0 aliphatic rings. The summed E-state index contributed by atoms with van der Waals surface area (Å²) in [6.45, 7) is 1.80. The van der Waals surface area contributed by atoms with Crippen molar-refractivity contribution in [2.24, 2.45) is 0 Å². The molecule has 3 rings (SSSR count). The number of rotatable bonds is 8. The first-order valence-electron chi connectivity index (χ1n) is 9.49. The van der Waals surface area contributed by atoms with Crippen LogP contribution in [0, 0.1) is 6.92 Å². The van der Waals surface area contributed by atoms with Gasteiger partial charge in [0.1, 0.15) is 5.75 Å². The average Bonchev–Trinajstić information content (AvgIpc) is 2.75. The summed E-state index contributed by atoms with van der Waals surface area (Å²) in [5.74, 6) is 0.625. The van der Waals surface area contributed by atoms with Crippen LogP contribution in [0.3, 0.4) is 0 Å². The van der Waals surface area contributed by atoms with Crippen molar-refractivity contribution in [3.8, 4) is 5.75 Å². The number of hydrogen-bond acceptors (Lipinski definition) is 4. The zero-order valence-corrected chi connectivity index (χ0v) is 17.7. The van der Waals surface area contributed by atoms with Gasteiger partial charge in [0, 0.05) is 12.1 Å². The van der Waals surface area contributed by atoms with E-state index in [0.717, 1.165) is 16.9 Å². The molecule has 0 saturated carbocycles. The van der Waals surface area contributed by atoms with Crippen molar-refractivity contribution < 1.29 is 17.9 Å². The van der Waals surface area contributed by atoms with Gasteiger partial charge in [-0.1, -0.05) is 36.4 Å². The minimum atomic E-state index is -3.71. The Morgan fingerprint density at radius 3 is 2.33 bits per heavy atom. The molecule has 0 saturated heterocycles. The van der Waals surface area contributed by atoms with E-state index in [4.69, 9.17) is 4.74 Å². The lowest BCUT2D eigenvalue weighted by Gasteiger charge is -2.13. The van der Waals surface area contributed by atoms with E-state index in [1.165, 1.54) is 12.1 Å². The van der Waals surface area contributed by atoms with Gasteiger partial charge in [0.15, 0.2) is 0 Å². The van der Waals surface area contributed by atoms with Crippen LogP contribution in [-0.2, 0) is 21.2 Å². The molecule has 0 aliphatic heterocycles. The molecule has 6 nitrogen and oxygen atoms in total. The number of methoxy groups -OCH3 is 1. The van der Waals surface area contributed by atoms with Crippen LogP contribution in [0.15, 0.2) is 77.7 Å². The molecule has 156 valence electrons. The van der Waals surface area contributed by atoms with E-state index in [-0.39, 0.29) is 10.8 Å². The SMILES string of the molecule is COc1ccc(CCC(=O)Nc2ccc(C)c(NS(=O)(=O)c3ccccc3)c2)cc1. The Morgan fingerprint density at radius 1 is 0.967 bits per heavy atom. The van der Waals surface area contributed by atoms with Crippen LogP contribution >= 0.6 is 0 Å². The molecule has 0 fully saturated rings. The molecule has 0 radical (unpaired) electrons. The lowest BCUT2D eigenvalue weighted by molar-refractivity contribution is -0.116. The number of benzene rings is 3. The van der Waals surface area contributed by atoms with Crippen molar-refractivity contribution in [1.82, 2.24) is 0 Å². The van der Waals surface area contributed by atoms with E-state index >= 15 is 0 Å². The number of nitrogens with one attached hydrogen (secondary N) is 2. The summed E-state index contributed by atoms with van der Waals surface area (Å²) in [6.07, 6.45) is 0.903. The largest absolute Gasteiger partial charge is 0.497 e. The predicted octanol–water partition coefficient (Wildman–Crippen LogP) is 4.38. The molecule has 30 heavy (non-hydrogen) atoms. The summed E-state index contributed by atoms with van der Waals surface area (Å²) in [5.41, 5.74) is 2.75. The lowest BCUT2D eigenvalue weighted by Crippen LogP contribution is -2.15. The predicted molar refractivity (Wildman–Crippen MR) is 118 cm³/mol. The van der Waals surface area contributed by atoms with E-state index in [1.54, 1.807) is 50.4 Å². The fourth-order valence-corrected chi connectivity index (χ4v) is 4.03. The Kier molecular flexibility index (Phi) is 6.74. The fraction of sp³-hybridized carbons (Fsp3) is 0.174. The maximum Gasteiger partial charge on any atom is 0.261 e. The summed E-state index contributed by atoms with van der Waals surface area (Å²) in [4.78, 5) is 12.5. The highest BCUT2D eigenvalue weighted by atomic mass is 32.2. The average molecular weight is 425 g/mol. The molecule has 0 heterocycles. The molecule has 7 heteroatoms. The van der Waals surface area contributed by atoms with Crippen LogP contribution in [0.5, 0.6) is 5.75 Å². The van der Waals surface area contributed by atoms with Gasteiger partial charge in [-0.05, 0) is 60.9 Å². The Bertz CT molecular complexity index is 1110. The van der Waals surface area contributed by atoms with Crippen LogP contribution in [-0.4, -0.2) is 21.4 Å². The monoisotopic (exact) mass is 424 g/mol. The highest BCUT2D eigenvalue weighted by molar-refractivity contribution is 7.92. The van der Waals surface area contributed by atoms with Gasteiger partial charge in [0.2, 0.25) is 5.91 Å². The third-order valence-electron chi connectivity index (χ3n) is 4.62. The van der Waals surface area contributed by atoms with E-state index in [1.807, 2.05) is 24.3 Å². The maximum absolute atomic E-state index is 12.6. The number of anilines is 2. The second-order valence-corrected chi connectivity index (χ2v) is 8.53. The lowest BCUT2D eigenvalue weighted by atomic mass is 10.1. The minimum Gasteiger partial charge on any atom is -0.497 e. The second kappa shape index (κ2) is 9.45. The molecular weight excluding hydrogens is 400 g/mol. The van der Waals surface area contributed by atoms with E-state index < -0.39 is 10.0 Å². The minimum absolute atomic E-state index is 0.147. The van der Waals surface area contributed by atoms with Crippen molar-refractivity contribution in [3.05, 3.63) is 83.9 Å². The summed E-state index contributed by atoms with van der Waals surface area (Å²) in [5, 5.41) is 2.83. The van der Waals surface area contributed by atoms with Crippen molar-refractivity contribution >= 4 is 27.3 Å². The molecule has 0 aliphatic carbocycles. The van der Waals surface area contributed by atoms with Crippen molar-refractivity contribution in [1.29, 1.82) is 0 Å². The van der Waals surface area contributed by atoms with Gasteiger partial charge in [0.05, 0.1) is 17.7 Å². The second-order valence-electron chi connectivity index (χ2n) is 6.84. The van der Waals surface area contributed by atoms with Crippen molar-refractivity contribution in [2.45, 2.75) is 24.7 Å². The number of carbonyl (C=O) groups excluding carboxylic acids is 1. The molecule has 0 unspecified atom stereocenters. The molecule has 2 N–H and O–H groups in total. The summed E-state index contributed by atoms with van der Waals surface area (Å²) in [7, 11) is -2.10. The molecule has 0 bridgehead atoms. The smallest absolute Gasteiger partial charge is 0.261 e. The molecular formula is C23H24N2O4S. The van der Waals surface area contributed by atoms with Crippen LogP contribution in [0.1, 0.15) is 17.5 Å². The van der Waals surface area contributed by atoms with Gasteiger partial charge in [0.25, 0.3) is 10.0 Å². The van der Waals surface area contributed by atoms with E-state index in [2.05, 4.69) is 10.0 Å². The number of hydrogen-bond donors (Lipinski definition) is 2. The molecule has 3 aromatic rings. The normalized spacial score (nSPS) is 11.0. The standard InChI is InChI=1S/C23H24N2O4S/c1-17-8-12-19(16-22(17)25-30(27,28)21-6-4-3-5-7-21)24-23(26)15-11-18-9-13-20(29-2)14-10-18/h3-10,12-14,16,25H,11,15H2,1-2H3,(H,24,26). The van der Waals surface area contributed by atoms with E-state index in [0.29, 0.717) is 24.2 Å². The van der Waals surface area contributed by atoms with Gasteiger partial charge >= 0.3 is 0 Å². The Hall–Kier alpha value is -3.32. The zero-order chi connectivity index (χ0) is 21.6. The van der Waals surface area contributed by atoms with E-state index in [9.17, 15) is 13.2 Å². The van der Waals surface area contributed by atoms with Crippen molar-refractivity contribution in [3.63, 3.8) is 0 Å². The molecule has 0 atom stereocenters. The summed E-state index contributed by atoms with van der Waals surface area (Å²) in [6, 6.07) is 20.9. The summed E-state index contributed by atoms with van der Waals surface area (Å²) < 4.78 is 32.9. The summed E-state index contributed by atoms with van der Waals surface area (Å²) >= 11 is 0. The van der Waals surface area contributed by atoms with Crippen LogP contribution in [0.2, 0.25) is 0 Å². The molecule has 1 amide bonds. The van der Waals surface area contributed by atoms with Crippen LogP contribution in [0.25, 0.3) is 0 Å². The number of carbonyl (C=O) groups is 1. The fourth-order valence-electron chi connectivity index (χ4n) is 2.89. The molecule has 0 aromatic heterocycles. The number of aryl methyl sites for hydroxylation is 2. The van der Waals surface area contributed by atoms with Gasteiger partial charge in [-0.15, -0.1) is 0 Å². The first-order chi connectivity index (χ1) is 14.4. The van der Waals surface area contributed by atoms with Gasteiger partial charge in [-0.3, -0.25) is 9.52 Å². The van der Waals surface area contributed by atoms with Crippen LogP contribution < -0.4 is 14.8 Å². The Labute approximate surface area is 177 Å². The van der Waals surface area contributed by atoms with Gasteiger partial charge in [-0.2, -0.15) is 0 Å². The molecule has 0 spiro atoms. The maximum atomic E-state index is 12.6. The third kappa shape index (κ3) is 5.61. The molecule has 3 aromatic carbocycles. The van der Waals surface area contributed by atoms with Crippen LogP contribution in [0.4, 0.5) is 11.4 Å². The Morgan fingerprint density at radius 2 is 1.67 bits per heavy atom. The van der Waals surface area contributed by atoms with Gasteiger partial charge < -0.3 is 10.1 Å². The first kappa shape index (κ1) is 21.4.